The van der Waals surface area contributed by atoms with Crippen LogP contribution in [0.4, 0.5) is 5.69 Å². The van der Waals surface area contributed by atoms with E-state index in [9.17, 15) is 9.59 Å². The molecule has 0 saturated carbocycles. The summed E-state index contributed by atoms with van der Waals surface area (Å²) in [5.41, 5.74) is 8.02. The smallest absolute Gasteiger partial charge is 0.291 e. The van der Waals surface area contributed by atoms with Crippen LogP contribution in [-0.4, -0.2) is 71.1 Å². The van der Waals surface area contributed by atoms with Crippen LogP contribution in [0.25, 0.3) is 44.6 Å². The third-order valence-corrected chi connectivity index (χ3v) is 10.8. The molecule has 0 spiro atoms. The quantitative estimate of drug-likeness (QED) is 0.117. The second-order valence-corrected chi connectivity index (χ2v) is 15.0. The lowest BCUT2D eigenvalue weighted by Crippen LogP contribution is -2.25. The fourth-order valence-electron chi connectivity index (χ4n) is 7.51. The van der Waals surface area contributed by atoms with Crippen LogP contribution >= 0.6 is 0 Å². The first-order valence-electron chi connectivity index (χ1n) is 19.9. The Hall–Kier alpha value is -7.91. The van der Waals surface area contributed by atoms with E-state index < -0.39 is 5.91 Å². The lowest BCUT2D eigenvalue weighted by atomic mass is 10.1. The zero-order chi connectivity index (χ0) is 42.7. The molecule has 4 heterocycles. The van der Waals surface area contributed by atoms with Crippen molar-refractivity contribution < 1.29 is 18.7 Å². The molecule has 62 heavy (non-hydrogen) atoms. The van der Waals surface area contributed by atoms with Crippen LogP contribution in [0.3, 0.4) is 0 Å². The number of rotatable bonds is 14. The van der Waals surface area contributed by atoms with Crippen molar-refractivity contribution in [1.82, 2.24) is 44.4 Å². The van der Waals surface area contributed by atoms with Crippen molar-refractivity contribution in [2.75, 3.05) is 26.1 Å². The van der Waals surface area contributed by atoms with Gasteiger partial charge in [0, 0.05) is 62.3 Å². The lowest BCUT2D eigenvalue weighted by molar-refractivity contribution is 0.0997. The van der Waals surface area contributed by atoms with Crippen LogP contribution in [-0.2, 0) is 26.6 Å². The standard InChI is InChI=1S/C47H42N10O5/c1-30-8-14-37-41(58)25-45(62-42(37)20-30)47(59)50-39-24-44(61-4)43(60-3)23-38(39)46-51-53-57(52-46)35-12-9-31(10-13-35)16-18-55(28-33-11-15-40-34(21-33)26-49-54(40)2)27-32-6-5-7-36(22-32)56-19-17-48-29-56/h5-15,17,19-26,29H,16,18,27-28H2,1-4H3,(H,50,59). The lowest BCUT2D eigenvalue weighted by Gasteiger charge is -2.23. The number of nitrogens with zero attached hydrogens (tertiary/aromatic N) is 9. The normalized spacial score (nSPS) is 11.4. The monoisotopic (exact) mass is 826 g/mol. The van der Waals surface area contributed by atoms with Gasteiger partial charge in [0.15, 0.2) is 22.7 Å². The van der Waals surface area contributed by atoms with E-state index in [-0.39, 0.29) is 17.0 Å². The SMILES string of the molecule is COc1cc(NC(=O)c2cc(=O)c3ccc(C)cc3o2)c(-c2nnn(-c3ccc(CCN(Cc4cccc(-n5ccnc5)c4)Cc4ccc5c(cnn5C)c4)cc3)n2)cc1OC. The third-order valence-electron chi connectivity index (χ3n) is 10.8. The summed E-state index contributed by atoms with van der Waals surface area (Å²) in [6.07, 6.45) is 8.25. The highest BCUT2D eigenvalue weighted by atomic mass is 16.5. The Bertz CT molecular complexity index is 3120. The molecular formula is C47H42N10O5. The summed E-state index contributed by atoms with van der Waals surface area (Å²) in [5.74, 6) is 0.184. The van der Waals surface area contributed by atoms with Gasteiger partial charge < -0.3 is 23.8 Å². The number of aromatic nitrogens is 8. The van der Waals surface area contributed by atoms with Gasteiger partial charge in [-0.15, -0.1) is 15.0 Å². The average Bonchev–Trinajstić information content (AvgIpc) is 4.08. The first-order valence-corrected chi connectivity index (χ1v) is 19.9. The molecule has 0 saturated heterocycles. The summed E-state index contributed by atoms with van der Waals surface area (Å²) < 4.78 is 20.9. The molecule has 0 aliphatic heterocycles. The maximum atomic E-state index is 13.6. The van der Waals surface area contributed by atoms with Gasteiger partial charge in [-0.2, -0.15) is 5.10 Å². The Morgan fingerprint density at radius 1 is 0.855 bits per heavy atom. The molecule has 0 fully saturated rings. The minimum Gasteiger partial charge on any atom is -0.493 e. The van der Waals surface area contributed by atoms with E-state index >= 15 is 0 Å². The van der Waals surface area contributed by atoms with Crippen molar-refractivity contribution in [2.45, 2.75) is 26.4 Å². The number of hydrogen-bond acceptors (Lipinski definition) is 11. The fraction of sp³-hybridized carbons (Fsp3) is 0.170. The van der Waals surface area contributed by atoms with E-state index in [0.29, 0.717) is 39.4 Å². The zero-order valence-electron chi connectivity index (χ0n) is 34.5. The van der Waals surface area contributed by atoms with E-state index in [1.807, 2.05) is 60.1 Å². The van der Waals surface area contributed by atoms with Crippen molar-refractivity contribution in [3.8, 4) is 34.3 Å². The summed E-state index contributed by atoms with van der Waals surface area (Å²) in [6.45, 7) is 4.21. The third kappa shape index (κ3) is 8.29. The Balaban J connectivity index is 0.938. The summed E-state index contributed by atoms with van der Waals surface area (Å²) in [6, 6.07) is 32.8. The van der Waals surface area contributed by atoms with Gasteiger partial charge >= 0.3 is 0 Å². The number of imidazole rings is 1. The number of amides is 1. The first-order chi connectivity index (χ1) is 30.2. The Morgan fingerprint density at radius 3 is 2.44 bits per heavy atom. The minimum atomic E-state index is -0.641. The van der Waals surface area contributed by atoms with Gasteiger partial charge in [0.1, 0.15) is 5.58 Å². The van der Waals surface area contributed by atoms with Crippen molar-refractivity contribution >= 4 is 33.5 Å². The molecule has 1 amide bonds. The van der Waals surface area contributed by atoms with Gasteiger partial charge in [0.2, 0.25) is 5.82 Å². The van der Waals surface area contributed by atoms with E-state index in [0.717, 1.165) is 53.8 Å². The molecule has 15 nitrogen and oxygen atoms in total. The second-order valence-electron chi connectivity index (χ2n) is 15.0. The van der Waals surface area contributed by atoms with Gasteiger partial charge in [-0.25, -0.2) is 4.98 Å². The fourth-order valence-corrected chi connectivity index (χ4v) is 7.51. The average molecular weight is 827 g/mol. The topological polar surface area (TPSA) is 160 Å². The van der Waals surface area contributed by atoms with Gasteiger partial charge in [0.25, 0.3) is 5.91 Å². The molecule has 15 heteroatoms. The predicted molar refractivity (Wildman–Crippen MR) is 235 cm³/mol. The number of carbonyl (C=O) groups is 1. The maximum Gasteiger partial charge on any atom is 0.291 e. The van der Waals surface area contributed by atoms with E-state index in [1.165, 1.54) is 36.2 Å². The van der Waals surface area contributed by atoms with Gasteiger partial charge in [0.05, 0.1) is 54.6 Å². The number of nitrogens with one attached hydrogen (secondary N) is 1. The number of aryl methyl sites for hydroxylation is 2. The molecular weight excluding hydrogens is 785 g/mol. The number of hydrogen-bond donors (Lipinski definition) is 1. The Labute approximate surface area is 355 Å². The number of benzene rings is 5. The minimum absolute atomic E-state index is 0.153. The molecule has 9 rings (SSSR count). The molecule has 5 aromatic carbocycles. The number of fused-ring (bicyclic) bond motifs is 2. The summed E-state index contributed by atoms with van der Waals surface area (Å²) >= 11 is 0. The molecule has 0 aliphatic rings. The molecule has 0 atom stereocenters. The highest BCUT2D eigenvalue weighted by Crippen LogP contribution is 2.38. The predicted octanol–water partition coefficient (Wildman–Crippen LogP) is 7.33. The zero-order valence-corrected chi connectivity index (χ0v) is 34.5. The Kier molecular flexibility index (Phi) is 10.8. The van der Waals surface area contributed by atoms with E-state index in [1.54, 1.807) is 30.5 Å². The highest BCUT2D eigenvalue weighted by molar-refractivity contribution is 6.05. The number of anilines is 1. The number of ether oxygens (including phenoxy) is 2. The van der Waals surface area contributed by atoms with Crippen molar-refractivity contribution in [3.63, 3.8) is 0 Å². The first kappa shape index (κ1) is 39.5. The molecule has 0 aliphatic carbocycles. The van der Waals surface area contributed by atoms with Crippen LogP contribution < -0.4 is 20.2 Å². The Morgan fingerprint density at radius 2 is 1.65 bits per heavy atom. The van der Waals surface area contributed by atoms with Crippen LogP contribution in [0, 0.1) is 6.92 Å². The van der Waals surface area contributed by atoms with Crippen LogP contribution in [0.5, 0.6) is 11.5 Å². The van der Waals surface area contributed by atoms with Crippen LogP contribution in [0.1, 0.15) is 32.8 Å². The molecule has 0 bridgehead atoms. The van der Waals surface area contributed by atoms with Crippen molar-refractivity contribution in [2.24, 2.45) is 7.05 Å². The molecule has 1 N–H and O–H groups in total. The molecule has 310 valence electrons. The van der Waals surface area contributed by atoms with Crippen LogP contribution in [0.2, 0.25) is 0 Å². The van der Waals surface area contributed by atoms with E-state index in [2.05, 4.69) is 90.3 Å². The largest absolute Gasteiger partial charge is 0.493 e. The molecule has 4 aromatic heterocycles. The number of carbonyl (C=O) groups excluding carboxylic acids is 1. The maximum absolute atomic E-state index is 13.6. The van der Waals surface area contributed by atoms with E-state index in [4.69, 9.17) is 13.9 Å². The van der Waals surface area contributed by atoms with Crippen molar-refractivity contribution in [3.05, 3.63) is 166 Å². The van der Waals surface area contributed by atoms with Crippen LogP contribution in [0.15, 0.2) is 137 Å². The van der Waals surface area contributed by atoms with Gasteiger partial charge in [-0.05, 0) is 95.4 Å². The molecule has 0 radical (unpaired) electrons. The highest BCUT2D eigenvalue weighted by Gasteiger charge is 2.21. The summed E-state index contributed by atoms with van der Waals surface area (Å²) in [7, 11) is 4.96. The number of methoxy groups -OCH3 is 2. The number of tetrazole rings is 1. The molecule has 9 aromatic rings. The van der Waals surface area contributed by atoms with Gasteiger partial charge in [-0.3, -0.25) is 19.2 Å². The van der Waals surface area contributed by atoms with Crippen molar-refractivity contribution in [1.29, 1.82) is 0 Å². The molecule has 0 unspecified atom stereocenters. The second kappa shape index (κ2) is 17.0. The summed E-state index contributed by atoms with van der Waals surface area (Å²) in [5, 5.41) is 22.2. The van der Waals surface area contributed by atoms with Gasteiger partial charge in [-0.1, -0.05) is 36.4 Å². The summed E-state index contributed by atoms with van der Waals surface area (Å²) in [4.78, 5) is 34.6.